The van der Waals surface area contributed by atoms with E-state index in [4.69, 9.17) is 18.4 Å². The van der Waals surface area contributed by atoms with Crippen molar-refractivity contribution in [2.24, 2.45) is 23.2 Å². The van der Waals surface area contributed by atoms with Crippen molar-refractivity contribution in [1.82, 2.24) is 0 Å². The molecule has 1 saturated heterocycles. The van der Waals surface area contributed by atoms with Gasteiger partial charge in [0.1, 0.15) is 0 Å². The Morgan fingerprint density at radius 2 is 1.78 bits per heavy atom. The third-order valence-corrected chi connectivity index (χ3v) is 7.98. The molecular formula is C21H27NO9S. The van der Waals surface area contributed by atoms with E-state index < -0.39 is 38.8 Å². The zero-order valence-electron chi connectivity index (χ0n) is 18.2. The fraction of sp³-hybridized carbons (Fsp3) is 0.667. The first-order valence-electron chi connectivity index (χ1n) is 10.5. The summed E-state index contributed by atoms with van der Waals surface area (Å²) >= 11 is 0. The van der Waals surface area contributed by atoms with Gasteiger partial charge in [0, 0.05) is 30.4 Å². The van der Waals surface area contributed by atoms with E-state index >= 15 is 0 Å². The van der Waals surface area contributed by atoms with Gasteiger partial charge < -0.3 is 14.2 Å². The number of carbonyl (C=O) groups is 1. The van der Waals surface area contributed by atoms with Crippen molar-refractivity contribution >= 4 is 21.8 Å². The van der Waals surface area contributed by atoms with E-state index in [-0.39, 0.29) is 27.8 Å². The van der Waals surface area contributed by atoms with Crippen LogP contribution < -0.4 is 0 Å². The molecule has 0 bridgehead atoms. The molecule has 0 radical (unpaired) electrons. The third-order valence-electron chi connectivity index (χ3n) is 6.63. The zero-order valence-corrected chi connectivity index (χ0v) is 19.0. The fourth-order valence-electron chi connectivity index (χ4n) is 5.05. The number of carbonyl (C=O) groups excluding carboxylic acids is 1. The summed E-state index contributed by atoms with van der Waals surface area (Å²) in [5.74, 6) is -2.29. The van der Waals surface area contributed by atoms with Crippen LogP contribution in [0.5, 0.6) is 0 Å². The Labute approximate surface area is 186 Å². The normalized spacial score (nSPS) is 30.7. The molecule has 1 aliphatic heterocycles. The highest BCUT2D eigenvalue weighted by atomic mass is 32.2. The fourth-order valence-corrected chi connectivity index (χ4v) is 6.15. The molecule has 3 fully saturated rings. The molecule has 1 aromatic rings. The number of ether oxygens (including phenoxy) is 3. The van der Waals surface area contributed by atoms with Crippen LogP contribution in [-0.4, -0.2) is 51.5 Å². The number of esters is 1. The van der Waals surface area contributed by atoms with Crippen molar-refractivity contribution < 1.29 is 36.5 Å². The minimum atomic E-state index is -4.23. The Balaban J connectivity index is 1.52. The molecule has 1 aromatic carbocycles. The van der Waals surface area contributed by atoms with Gasteiger partial charge >= 0.3 is 5.97 Å². The standard InChI is InChI=1S/C21H27NO9S/c1-20(2)11-29-21(30-12-20)9-13-8-17(18(16(13)10-21)19(23)28-3)31-32(26,27)15-6-4-14(5-7-15)22(24)25/h4-7,13,16-18H,8-12H2,1-3H3/t13-,16+,17-,18-/m0/s1. The van der Waals surface area contributed by atoms with Gasteiger partial charge in [-0.2, -0.15) is 8.42 Å². The van der Waals surface area contributed by atoms with Crippen molar-refractivity contribution in [2.75, 3.05) is 20.3 Å². The molecule has 2 aliphatic carbocycles. The molecule has 1 heterocycles. The smallest absolute Gasteiger partial charge is 0.311 e. The zero-order chi connectivity index (χ0) is 23.3. The number of nitrogens with zero attached hydrogens (tertiary/aromatic N) is 1. The largest absolute Gasteiger partial charge is 0.469 e. The summed E-state index contributed by atoms with van der Waals surface area (Å²) in [6.07, 6.45) is 0.466. The maximum Gasteiger partial charge on any atom is 0.311 e. The Morgan fingerprint density at radius 3 is 2.34 bits per heavy atom. The van der Waals surface area contributed by atoms with Gasteiger partial charge in [0.15, 0.2) is 5.79 Å². The third kappa shape index (κ3) is 4.26. The Hall–Kier alpha value is -2.08. The lowest BCUT2D eigenvalue weighted by atomic mass is 9.90. The first-order valence-corrected chi connectivity index (χ1v) is 11.9. The number of benzene rings is 1. The van der Waals surface area contributed by atoms with Crippen LogP contribution in [-0.2, 0) is 33.3 Å². The van der Waals surface area contributed by atoms with Crippen molar-refractivity contribution in [3.8, 4) is 0 Å². The highest BCUT2D eigenvalue weighted by Crippen LogP contribution is 2.56. The number of methoxy groups -OCH3 is 1. The number of nitro benzene ring substituents is 1. The van der Waals surface area contributed by atoms with Gasteiger partial charge in [-0.1, -0.05) is 13.8 Å². The lowest BCUT2D eigenvalue weighted by Gasteiger charge is -2.42. The number of fused-ring (bicyclic) bond motifs is 1. The molecule has 0 N–H and O–H groups in total. The van der Waals surface area contributed by atoms with Crippen LogP contribution in [0.15, 0.2) is 29.2 Å². The number of non-ortho nitro benzene ring substituents is 1. The Kier molecular flexibility index (Phi) is 5.81. The Bertz CT molecular complexity index is 995. The summed E-state index contributed by atoms with van der Waals surface area (Å²) in [6.45, 7) is 5.20. The molecule has 11 heteroatoms. The second-order valence-electron chi connectivity index (χ2n) is 9.61. The molecule has 0 amide bonds. The molecule has 0 aromatic heterocycles. The molecular weight excluding hydrogens is 442 g/mol. The van der Waals surface area contributed by atoms with Gasteiger partial charge in [0.05, 0.1) is 42.2 Å². The van der Waals surface area contributed by atoms with Gasteiger partial charge in [0.25, 0.3) is 15.8 Å². The average Bonchev–Trinajstić information content (AvgIpc) is 3.23. The van der Waals surface area contributed by atoms with Crippen LogP contribution >= 0.6 is 0 Å². The lowest BCUT2D eigenvalue weighted by Crippen LogP contribution is -2.47. The van der Waals surface area contributed by atoms with E-state index in [0.717, 1.165) is 24.3 Å². The van der Waals surface area contributed by atoms with Crippen LogP contribution in [0.2, 0.25) is 0 Å². The summed E-state index contributed by atoms with van der Waals surface area (Å²) < 4.78 is 48.3. The van der Waals surface area contributed by atoms with Crippen molar-refractivity contribution in [3.63, 3.8) is 0 Å². The monoisotopic (exact) mass is 469 g/mol. The summed E-state index contributed by atoms with van der Waals surface area (Å²) in [6, 6.07) is 4.44. The van der Waals surface area contributed by atoms with E-state index in [0.29, 0.717) is 32.5 Å². The van der Waals surface area contributed by atoms with Gasteiger partial charge in [-0.3, -0.25) is 19.1 Å². The number of hydrogen-bond donors (Lipinski definition) is 0. The summed E-state index contributed by atoms with van der Waals surface area (Å²) in [7, 11) is -2.97. The maximum atomic E-state index is 12.8. The van der Waals surface area contributed by atoms with Crippen molar-refractivity contribution in [1.29, 1.82) is 0 Å². The van der Waals surface area contributed by atoms with Gasteiger partial charge in [0.2, 0.25) is 0 Å². The quantitative estimate of drug-likeness (QED) is 0.276. The maximum absolute atomic E-state index is 12.8. The highest BCUT2D eigenvalue weighted by Gasteiger charge is 2.60. The molecule has 176 valence electrons. The summed E-state index contributed by atoms with van der Waals surface area (Å²) in [4.78, 5) is 22.6. The number of nitro groups is 1. The van der Waals surface area contributed by atoms with E-state index in [9.17, 15) is 23.3 Å². The Morgan fingerprint density at radius 1 is 1.16 bits per heavy atom. The molecule has 4 atom stereocenters. The molecule has 3 aliphatic rings. The number of hydrogen-bond acceptors (Lipinski definition) is 9. The average molecular weight is 470 g/mol. The molecule has 1 spiro atoms. The summed E-state index contributed by atoms with van der Waals surface area (Å²) in [5, 5.41) is 10.8. The van der Waals surface area contributed by atoms with Crippen LogP contribution in [0.4, 0.5) is 5.69 Å². The SMILES string of the molecule is COC(=O)[C@H]1[C@@H]2CC3(C[C@@H]2C[C@@H]1OS(=O)(=O)c1ccc([N+](=O)[O-])cc1)OCC(C)(C)CO3. The van der Waals surface area contributed by atoms with Crippen molar-refractivity contribution in [3.05, 3.63) is 34.4 Å². The van der Waals surface area contributed by atoms with E-state index in [1.165, 1.54) is 7.11 Å². The van der Waals surface area contributed by atoms with E-state index in [1.807, 2.05) is 0 Å². The predicted molar refractivity (Wildman–Crippen MR) is 110 cm³/mol. The van der Waals surface area contributed by atoms with Crippen LogP contribution in [0.3, 0.4) is 0 Å². The van der Waals surface area contributed by atoms with Crippen LogP contribution in [0.25, 0.3) is 0 Å². The molecule has 10 nitrogen and oxygen atoms in total. The van der Waals surface area contributed by atoms with Gasteiger partial charge in [-0.05, 0) is 30.4 Å². The van der Waals surface area contributed by atoms with Crippen LogP contribution in [0, 0.1) is 33.3 Å². The van der Waals surface area contributed by atoms with Gasteiger partial charge in [-0.25, -0.2) is 0 Å². The highest BCUT2D eigenvalue weighted by molar-refractivity contribution is 7.86. The van der Waals surface area contributed by atoms with Gasteiger partial charge in [-0.15, -0.1) is 0 Å². The first-order chi connectivity index (χ1) is 15.0. The molecule has 0 unspecified atom stereocenters. The molecule has 32 heavy (non-hydrogen) atoms. The summed E-state index contributed by atoms with van der Waals surface area (Å²) in [5.41, 5.74) is -0.317. The van der Waals surface area contributed by atoms with E-state index in [1.54, 1.807) is 0 Å². The second-order valence-corrected chi connectivity index (χ2v) is 11.2. The predicted octanol–water partition coefficient (Wildman–Crippen LogP) is 2.66. The first kappa shape index (κ1) is 23.1. The molecule has 4 rings (SSSR count). The minimum absolute atomic E-state index is 0.0163. The van der Waals surface area contributed by atoms with E-state index in [2.05, 4.69) is 13.8 Å². The second kappa shape index (κ2) is 8.05. The topological polar surface area (TPSA) is 131 Å². The molecule has 2 saturated carbocycles. The van der Waals surface area contributed by atoms with Crippen molar-refractivity contribution in [2.45, 2.75) is 49.9 Å². The van der Waals surface area contributed by atoms with Crippen LogP contribution in [0.1, 0.15) is 33.1 Å². The minimum Gasteiger partial charge on any atom is -0.469 e. The lowest BCUT2D eigenvalue weighted by molar-refractivity contribution is -0.384. The number of rotatable bonds is 5.